The van der Waals surface area contributed by atoms with E-state index in [0.29, 0.717) is 6.61 Å². The Kier molecular flexibility index (Phi) is 6.62. The summed E-state index contributed by atoms with van der Waals surface area (Å²) in [6.07, 6.45) is 0.0963. The van der Waals surface area contributed by atoms with Gasteiger partial charge in [0, 0.05) is 13.0 Å². The van der Waals surface area contributed by atoms with E-state index in [-0.39, 0.29) is 12.8 Å². The highest BCUT2D eigenvalue weighted by Crippen LogP contribution is 2.21. The zero-order valence-corrected chi connectivity index (χ0v) is 11.1. The van der Waals surface area contributed by atoms with Gasteiger partial charge in [-0.1, -0.05) is 5.04 Å². The van der Waals surface area contributed by atoms with Gasteiger partial charge in [-0.3, -0.25) is 4.79 Å². The van der Waals surface area contributed by atoms with Crippen LogP contribution in [0.1, 0.15) is 47.5 Å². The molecule has 6 nitrogen and oxygen atoms in total. The minimum absolute atomic E-state index is 0.0740. The Morgan fingerprint density at radius 1 is 1.18 bits per heavy atom. The molecule has 0 aromatic carbocycles. The second-order valence-corrected chi connectivity index (χ2v) is 4.81. The predicted octanol–water partition coefficient (Wildman–Crippen LogP) is 2.28. The zero-order valence-electron chi connectivity index (χ0n) is 11.1. The van der Waals surface area contributed by atoms with Crippen LogP contribution in [0.25, 0.3) is 0 Å². The van der Waals surface area contributed by atoms with E-state index < -0.39 is 17.4 Å². The molecule has 0 bridgehead atoms. The molecule has 0 heterocycles. The van der Waals surface area contributed by atoms with Gasteiger partial charge in [0.15, 0.2) is 0 Å². The van der Waals surface area contributed by atoms with Crippen molar-refractivity contribution in [1.29, 1.82) is 0 Å². The first-order chi connectivity index (χ1) is 7.68. The topological polar surface area (TPSA) is 74.2 Å². The molecule has 6 heteroatoms. The fourth-order valence-corrected chi connectivity index (χ4v) is 0.968. The van der Waals surface area contributed by atoms with Crippen molar-refractivity contribution in [3.63, 3.8) is 0 Å². The lowest BCUT2D eigenvalue weighted by Gasteiger charge is -2.28. The van der Waals surface area contributed by atoms with Crippen molar-refractivity contribution in [2.75, 3.05) is 6.61 Å². The van der Waals surface area contributed by atoms with E-state index in [1.54, 1.807) is 34.6 Å². The molecular formula is C11H22O6. The third-order valence-corrected chi connectivity index (χ3v) is 1.74. The lowest BCUT2D eigenvalue weighted by Crippen LogP contribution is -2.34. The standard InChI is InChI=1S/C11H22O6/c1-6-14-11(5,8-7-9(12)13)16-17-15-10(2,3)4/h6-8H2,1-5H3,(H,12,13). The van der Waals surface area contributed by atoms with Crippen molar-refractivity contribution in [3.8, 4) is 0 Å². The number of carboxylic acid groups (broad SMARTS) is 1. The van der Waals surface area contributed by atoms with Gasteiger partial charge < -0.3 is 9.84 Å². The van der Waals surface area contributed by atoms with Crippen molar-refractivity contribution in [3.05, 3.63) is 0 Å². The molecule has 0 saturated heterocycles. The quantitative estimate of drug-likeness (QED) is 0.404. The van der Waals surface area contributed by atoms with E-state index in [1.807, 2.05) is 0 Å². The van der Waals surface area contributed by atoms with Crippen LogP contribution in [0.2, 0.25) is 0 Å². The van der Waals surface area contributed by atoms with Crippen LogP contribution in [0.4, 0.5) is 0 Å². The van der Waals surface area contributed by atoms with Crippen LogP contribution >= 0.6 is 0 Å². The first kappa shape index (κ1) is 16.3. The van der Waals surface area contributed by atoms with Gasteiger partial charge in [-0.2, -0.15) is 4.89 Å². The summed E-state index contributed by atoms with van der Waals surface area (Å²) in [6.45, 7) is 9.16. The largest absolute Gasteiger partial charge is 0.481 e. The third kappa shape index (κ3) is 9.05. The number of hydrogen-bond acceptors (Lipinski definition) is 5. The first-order valence-corrected chi connectivity index (χ1v) is 5.58. The molecule has 0 fully saturated rings. The SMILES string of the molecule is CCOC(C)(CCC(=O)O)OOOC(C)(C)C. The summed E-state index contributed by atoms with van der Waals surface area (Å²) < 4.78 is 5.30. The molecule has 0 aromatic rings. The van der Waals surface area contributed by atoms with Crippen LogP contribution in [0.15, 0.2) is 0 Å². The fourth-order valence-electron chi connectivity index (χ4n) is 0.968. The number of hydrogen-bond donors (Lipinski definition) is 1. The molecule has 102 valence electrons. The van der Waals surface area contributed by atoms with Gasteiger partial charge in [0.2, 0.25) is 5.79 Å². The number of carboxylic acids is 1. The lowest BCUT2D eigenvalue weighted by atomic mass is 10.2. The summed E-state index contributed by atoms with van der Waals surface area (Å²) >= 11 is 0. The maximum atomic E-state index is 10.5. The summed E-state index contributed by atoms with van der Waals surface area (Å²) in [5.41, 5.74) is -0.514. The molecule has 0 saturated carbocycles. The minimum atomic E-state index is -1.13. The summed E-state index contributed by atoms with van der Waals surface area (Å²) in [4.78, 5) is 20.4. The van der Waals surface area contributed by atoms with E-state index in [9.17, 15) is 4.79 Å². The third-order valence-electron chi connectivity index (χ3n) is 1.74. The van der Waals surface area contributed by atoms with E-state index in [2.05, 4.69) is 5.04 Å². The Balaban J connectivity index is 4.15. The Morgan fingerprint density at radius 2 is 1.76 bits per heavy atom. The molecule has 1 N–H and O–H groups in total. The predicted molar refractivity (Wildman–Crippen MR) is 59.9 cm³/mol. The number of carbonyl (C=O) groups is 1. The molecule has 0 aliphatic rings. The number of ether oxygens (including phenoxy) is 1. The molecule has 0 aromatic heterocycles. The Hall–Kier alpha value is -0.690. The van der Waals surface area contributed by atoms with Crippen LogP contribution in [0.3, 0.4) is 0 Å². The van der Waals surface area contributed by atoms with Gasteiger partial charge >= 0.3 is 5.97 Å². The average molecular weight is 250 g/mol. The maximum absolute atomic E-state index is 10.5. The van der Waals surface area contributed by atoms with Gasteiger partial charge in [-0.25, -0.2) is 4.89 Å². The molecule has 0 radical (unpaired) electrons. The number of aliphatic carboxylic acids is 1. The molecule has 0 aliphatic carbocycles. The second-order valence-electron chi connectivity index (χ2n) is 4.81. The first-order valence-electron chi connectivity index (χ1n) is 5.58. The monoisotopic (exact) mass is 250 g/mol. The van der Waals surface area contributed by atoms with E-state index in [1.165, 1.54) is 0 Å². The molecule has 17 heavy (non-hydrogen) atoms. The highest BCUT2D eigenvalue weighted by atomic mass is 17.5. The molecule has 0 amide bonds. The summed E-state index contributed by atoms with van der Waals surface area (Å²) in [7, 11) is 0. The van der Waals surface area contributed by atoms with Crippen LogP contribution < -0.4 is 0 Å². The minimum Gasteiger partial charge on any atom is -0.481 e. The Morgan fingerprint density at radius 3 is 2.18 bits per heavy atom. The van der Waals surface area contributed by atoms with E-state index in [0.717, 1.165) is 0 Å². The molecule has 0 spiro atoms. The van der Waals surface area contributed by atoms with Crippen molar-refractivity contribution < 1.29 is 29.5 Å². The fraction of sp³-hybridized carbons (Fsp3) is 0.909. The van der Waals surface area contributed by atoms with Crippen LogP contribution in [-0.4, -0.2) is 29.1 Å². The van der Waals surface area contributed by atoms with E-state index in [4.69, 9.17) is 19.6 Å². The van der Waals surface area contributed by atoms with Gasteiger partial charge in [-0.15, -0.1) is 0 Å². The molecule has 1 atom stereocenters. The van der Waals surface area contributed by atoms with Gasteiger partial charge in [0.1, 0.15) is 0 Å². The van der Waals surface area contributed by atoms with Crippen molar-refractivity contribution in [1.82, 2.24) is 0 Å². The Bertz CT molecular complexity index is 235. The van der Waals surface area contributed by atoms with Crippen LogP contribution in [0, 0.1) is 0 Å². The van der Waals surface area contributed by atoms with Gasteiger partial charge in [0.05, 0.1) is 12.0 Å². The zero-order chi connectivity index (χ0) is 13.5. The van der Waals surface area contributed by atoms with Crippen LogP contribution in [-0.2, 0) is 24.3 Å². The normalized spacial score (nSPS) is 15.6. The highest BCUT2D eigenvalue weighted by molar-refractivity contribution is 5.66. The summed E-state index contributed by atoms with van der Waals surface area (Å²) in [5, 5.41) is 13.2. The van der Waals surface area contributed by atoms with E-state index >= 15 is 0 Å². The molecular weight excluding hydrogens is 228 g/mol. The van der Waals surface area contributed by atoms with Gasteiger partial charge in [0.25, 0.3) is 0 Å². The molecule has 0 aliphatic heterocycles. The Labute approximate surface area is 102 Å². The van der Waals surface area contributed by atoms with Crippen molar-refractivity contribution >= 4 is 5.97 Å². The molecule has 0 rings (SSSR count). The van der Waals surface area contributed by atoms with Crippen LogP contribution in [0.5, 0.6) is 0 Å². The van der Waals surface area contributed by atoms with Crippen molar-refractivity contribution in [2.45, 2.75) is 58.8 Å². The summed E-state index contributed by atoms with van der Waals surface area (Å²) in [6, 6.07) is 0. The lowest BCUT2D eigenvalue weighted by molar-refractivity contribution is -0.588. The summed E-state index contributed by atoms with van der Waals surface area (Å²) in [5.74, 6) is -2.05. The van der Waals surface area contributed by atoms with Gasteiger partial charge in [-0.05, 0) is 34.6 Å². The van der Waals surface area contributed by atoms with Crippen molar-refractivity contribution in [2.24, 2.45) is 0 Å². The maximum Gasteiger partial charge on any atom is 0.303 e. The molecule has 1 unspecified atom stereocenters. The average Bonchev–Trinajstić information content (AvgIpc) is 2.13. The highest BCUT2D eigenvalue weighted by Gasteiger charge is 2.29. The number of rotatable bonds is 8. The second kappa shape index (κ2) is 6.90. The smallest absolute Gasteiger partial charge is 0.303 e.